The third kappa shape index (κ3) is 3.79. The molecule has 1 saturated heterocycles. The SMILES string of the molecule is Cc1n[nH]c(C)c1C1CCCCCN1C(=O)Nc1cnc(N(C)C)nc1. The van der Waals surface area contributed by atoms with Crippen molar-refractivity contribution in [3.05, 3.63) is 29.3 Å². The van der Waals surface area contributed by atoms with E-state index in [9.17, 15) is 4.79 Å². The van der Waals surface area contributed by atoms with Crippen molar-refractivity contribution in [1.29, 1.82) is 0 Å². The molecule has 1 atom stereocenters. The summed E-state index contributed by atoms with van der Waals surface area (Å²) in [6.07, 6.45) is 7.49. The normalized spacial score (nSPS) is 17.7. The van der Waals surface area contributed by atoms with Crippen LogP contribution in [0, 0.1) is 13.8 Å². The molecule has 0 saturated carbocycles. The monoisotopic (exact) mass is 357 g/mol. The summed E-state index contributed by atoms with van der Waals surface area (Å²) in [5.74, 6) is 0.611. The summed E-state index contributed by atoms with van der Waals surface area (Å²) in [7, 11) is 3.76. The molecule has 0 bridgehead atoms. The van der Waals surface area contributed by atoms with E-state index in [1.165, 1.54) is 0 Å². The van der Waals surface area contributed by atoms with Gasteiger partial charge in [-0.3, -0.25) is 5.10 Å². The quantitative estimate of drug-likeness (QED) is 0.881. The molecule has 8 nitrogen and oxygen atoms in total. The van der Waals surface area contributed by atoms with E-state index < -0.39 is 0 Å². The lowest BCUT2D eigenvalue weighted by atomic mass is 9.99. The highest BCUT2D eigenvalue weighted by molar-refractivity contribution is 5.89. The van der Waals surface area contributed by atoms with Gasteiger partial charge in [0.25, 0.3) is 0 Å². The summed E-state index contributed by atoms with van der Waals surface area (Å²) in [4.78, 5) is 25.3. The van der Waals surface area contributed by atoms with Gasteiger partial charge in [-0.25, -0.2) is 14.8 Å². The number of H-pyrrole nitrogens is 1. The maximum Gasteiger partial charge on any atom is 0.322 e. The zero-order valence-electron chi connectivity index (χ0n) is 15.9. The number of hydrogen-bond donors (Lipinski definition) is 2. The number of aromatic amines is 1. The van der Waals surface area contributed by atoms with Gasteiger partial charge < -0.3 is 15.1 Å². The predicted molar refractivity (Wildman–Crippen MR) is 101 cm³/mol. The summed E-state index contributed by atoms with van der Waals surface area (Å²) in [5, 5.41) is 10.3. The van der Waals surface area contributed by atoms with Crippen LogP contribution in [-0.2, 0) is 0 Å². The Labute approximate surface area is 154 Å². The molecule has 2 aromatic heterocycles. The van der Waals surface area contributed by atoms with E-state index in [1.807, 2.05) is 37.7 Å². The number of urea groups is 1. The highest BCUT2D eigenvalue weighted by Crippen LogP contribution is 2.33. The van der Waals surface area contributed by atoms with Gasteiger partial charge in [-0.1, -0.05) is 12.8 Å². The fraction of sp³-hybridized carbons (Fsp3) is 0.556. The van der Waals surface area contributed by atoms with Gasteiger partial charge in [0, 0.05) is 31.9 Å². The predicted octanol–water partition coefficient (Wildman–Crippen LogP) is 3.03. The van der Waals surface area contributed by atoms with Crippen LogP contribution >= 0.6 is 0 Å². The lowest BCUT2D eigenvalue weighted by molar-refractivity contribution is 0.189. The third-order valence-electron chi connectivity index (χ3n) is 4.82. The van der Waals surface area contributed by atoms with Gasteiger partial charge in [0.2, 0.25) is 5.95 Å². The molecule has 3 rings (SSSR count). The number of nitrogens with one attached hydrogen (secondary N) is 2. The Hall–Kier alpha value is -2.64. The number of hydrogen-bond acceptors (Lipinski definition) is 5. The average Bonchev–Trinajstić information content (AvgIpc) is 2.82. The summed E-state index contributed by atoms with van der Waals surface area (Å²) in [5.41, 5.74) is 3.74. The Morgan fingerprint density at radius 2 is 1.96 bits per heavy atom. The average molecular weight is 357 g/mol. The van der Waals surface area contributed by atoms with Crippen LogP contribution in [0.3, 0.4) is 0 Å². The summed E-state index contributed by atoms with van der Waals surface area (Å²) in [6.45, 7) is 4.74. The first kappa shape index (κ1) is 18.2. The van der Waals surface area contributed by atoms with E-state index >= 15 is 0 Å². The van der Waals surface area contributed by atoms with Crippen molar-refractivity contribution >= 4 is 17.7 Å². The van der Waals surface area contributed by atoms with Crippen molar-refractivity contribution in [2.24, 2.45) is 0 Å². The first-order chi connectivity index (χ1) is 12.5. The molecule has 2 aromatic rings. The van der Waals surface area contributed by atoms with Crippen LogP contribution in [0.15, 0.2) is 12.4 Å². The van der Waals surface area contributed by atoms with Gasteiger partial charge in [-0.05, 0) is 26.7 Å². The first-order valence-corrected chi connectivity index (χ1v) is 9.06. The van der Waals surface area contributed by atoms with Crippen LogP contribution < -0.4 is 10.2 Å². The number of nitrogens with zero attached hydrogens (tertiary/aromatic N) is 5. The molecule has 0 spiro atoms. The van der Waals surface area contributed by atoms with Crippen molar-refractivity contribution in [2.75, 3.05) is 30.9 Å². The topological polar surface area (TPSA) is 90.0 Å². The summed E-state index contributed by atoms with van der Waals surface area (Å²) < 4.78 is 0. The number of carbonyl (C=O) groups is 1. The second-order valence-corrected chi connectivity index (χ2v) is 7.00. The Balaban J connectivity index is 1.80. The Kier molecular flexibility index (Phi) is 5.39. The molecule has 2 amide bonds. The smallest absolute Gasteiger partial charge is 0.322 e. The van der Waals surface area contributed by atoms with Crippen LogP contribution in [-0.4, -0.2) is 51.7 Å². The lowest BCUT2D eigenvalue weighted by Gasteiger charge is -2.30. The van der Waals surface area contributed by atoms with Crippen LogP contribution in [0.1, 0.15) is 48.7 Å². The molecule has 8 heteroatoms. The Morgan fingerprint density at radius 3 is 2.58 bits per heavy atom. The van der Waals surface area contributed by atoms with Crippen LogP contribution in [0.2, 0.25) is 0 Å². The highest BCUT2D eigenvalue weighted by Gasteiger charge is 2.30. The Morgan fingerprint density at radius 1 is 1.23 bits per heavy atom. The van der Waals surface area contributed by atoms with E-state index in [0.29, 0.717) is 11.6 Å². The minimum atomic E-state index is -0.113. The molecule has 1 aliphatic rings. The molecule has 0 aromatic carbocycles. The number of likely N-dealkylation sites (tertiary alicyclic amines) is 1. The summed E-state index contributed by atoms with van der Waals surface area (Å²) in [6, 6.07) is -0.0729. The minimum Gasteiger partial charge on any atom is -0.347 e. The van der Waals surface area contributed by atoms with Crippen molar-refractivity contribution in [1.82, 2.24) is 25.1 Å². The maximum atomic E-state index is 13.0. The second-order valence-electron chi connectivity index (χ2n) is 7.00. The number of anilines is 2. The van der Waals surface area contributed by atoms with Gasteiger partial charge in [0.1, 0.15) is 0 Å². The van der Waals surface area contributed by atoms with E-state index in [2.05, 4.69) is 25.5 Å². The zero-order chi connectivity index (χ0) is 18.7. The van der Waals surface area contributed by atoms with Gasteiger partial charge in [0.15, 0.2) is 0 Å². The molecule has 1 unspecified atom stereocenters. The number of aromatic nitrogens is 4. The largest absolute Gasteiger partial charge is 0.347 e. The highest BCUT2D eigenvalue weighted by atomic mass is 16.2. The van der Waals surface area contributed by atoms with E-state index in [4.69, 9.17) is 0 Å². The van der Waals surface area contributed by atoms with Crippen molar-refractivity contribution in [3.8, 4) is 0 Å². The molecule has 0 radical (unpaired) electrons. The van der Waals surface area contributed by atoms with Crippen molar-refractivity contribution < 1.29 is 4.79 Å². The number of rotatable bonds is 3. The van der Waals surface area contributed by atoms with Gasteiger partial charge in [-0.15, -0.1) is 0 Å². The first-order valence-electron chi connectivity index (χ1n) is 9.06. The molecule has 3 heterocycles. The molecule has 1 fully saturated rings. The van der Waals surface area contributed by atoms with E-state index in [-0.39, 0.29) is 12.1 Å². The van der Waals surface area contributed by atoms with Crippen LogP contribution in [0.5, 0.6) is 0 Å². The van der Waals surface area contributed by atoms with Crippen LogP contribution in [0.25, 0.3) is 0 Å². The van der Waals surface area contributed by atoms with E-state index in [1.54, 1.807) is 12.4 Å². The van der Waals surface area contributed by atoms with Crippen molar-refractivity contribution in [3.63, 3.8) is 0 Å². The third-order valence-corrected chi connectivity index (χ3v) is 4.82. The van der Waals surface area contributed by atoms with Crippen LogP contribution in [0.4, 0.5) is 16.4 Å². The van der Waals surface area contributed by atoms with Gasteiger partial charge in [-0.2, -0.15) is 5.10 Å². The molecule has 0 aliphatic carbocycles. The lowest BCUT2D eigenvalue weighted by Crippen LogP contribution is -2.38. The fourth-order valence-corrected chi connectivity index (χ4v) is 3.51. The summed E-state index contributed by atoms with van der Waals surface area (Å²) >= 11 is 0. The number of carbonyl (C=O) groups excluding carboxylic acids is 1. The van der Waals surface area contributed by atoms with Gasteiger partial charge >= 0.3 is 6.03 Å². The zero-order valence-corrected chi connectivity index (χ0v) is 15.9. The van der Waals surface area contributed by atoms with E-state index in [0.717, 1.165) is 49.2 Å². The molecular formula is C18H27N7O. The molecule has 1 aliphatic heterocycles. The molecule has 2 N–H and O–H groups in total. The second kappa shape index (κ2) is 7.72. The maximum absolute atomic E-state index is 13.0. The number of aryl methyl sites for hydroxylation is 2. The molecular weight excluding hydrogens is 330 g/mol. The van der Waals surface area contributed by atoms with Gasteiger partial charge in [0.05, 0.1) is 29.8 Å². The fourth-order valence-electron chi connectivity index (χ4n) is 3.51. The Bertz CT molecular complexity index is 734. The standard InChI is InChI=1S/C18H27N7O/c1-12-16(13(2)23-22-12)15-8-6-5-7-9-25(15)18(26)21-14-10-19-17(20-11-14)24(3)4/h10-11,15H,5-9H2,1-4H3,(H,21,26)(H,22,23). The van der Waals surface area contributed by atoms with Crippen molar-refractivity contribution in [2.45, 2.75) is 45.6 Å². The minimum absolute atomic E-state index is 0.0400. The molecule has 26 heavy (non-hydrogen) atoms. The molecule has 140 valence electrons. The number of amides is 2.